The molecule has 0 unspecified atom stereocenters. The van der Waals surface area contributed by atoms with E-state index < -0.39 is 0 Å². The van der Waals surface area contributed by atoms with E-state index in [9.17, 15) is 0 Å². The smallest absolute Gasteiger partial charge is 1.00 e. The van der Waals surface area contributed by atoms with Gasteiger partial charge in [0.2, 0.25) is 0 Å². The average Bonchev–Trinajstić information content (AvgIpc) is 1.35. The van der Waals surface area contributed by atoms with Crippen molar-refractivity contribution in [2.24, 2.45) is 5.41 Å². The van der Waals surface area contributed by atoms with E-state index in [4.69, 9.17) is 0 Å². The quantitative estimate of drug-likeness (QED) is 0.407. The Morgan fingerprint density at radius 2 is 1.67 bits per heavy atom. The zero-order valence-corrected chi connectivity index (χ0v) is 5.94. The maximum atomic E-state index is 2.72. The van der Waals surface area contributed by atoms with E-state index in [0.717, 1.165) is 0 Å². The second-order valence-electron chi connectivity index (χ2n) is 2.76. The summed E-state index contributed by atoms with van der Waals surface area (Å²) >= 11 is 2.72. The summed E-state index contributed by atoms with van der Waals surface area (Å²) in [7, 11) is 0. The molecule has 0 aromatic rings. The van der Waals surface area contributed by atoms with Crippen LogP contribution in [0.2, 0.25) is 5.28 Å². The summed E-state index contributed by atoms with van der Waals surface area (Å²) in [5.41, 5.74) is 0.505. The van der Waals surface area contributed by atoms with E-state index in [0.29, 0.717) is 5.41 Å². The van der Waals surface area contributed by atoms with Gasteiger partial charge in [0.15, 0.2) is 0 Å². The Hall–Kier alpha value is 0.532. The van der Waals surface area contributed by atoms with E-state index in [1.807, 2.05) is 0 Å². The summed E-state index contributed by atoms with van der Waals surface area (Å²) in [6, 6.07) is 0. The fraction of sp³-hybridized carbons (Fsp3) is 1.00. The van der Waals surface area contributed by atoms with Gasteiger partial charge in [0.25, 0.3) is 0 Å². The molecular formula is C5H13Al. The molecule has 0 atom stereocenters. The minimum Gasteiger partial charge on any atom is -1.00 e. The first-order valence-corrected chi connectivity index (χ1v) is 3.08. The van der Waals surface area contributed by atoms with Gasteiger partial charge in [-0.25, -0.2) is 0 Å². The monoisotopic (exact) mass is 100 g/mol. The van der Waals surface area contributed by atoms with Gasteiger partial charge in [-0.3, -0.25) is 0 Å². The first-order chi connectivity index (χ1) is 2.56. The standard InChI is InChI=1S/C5H11.Al.2H/c1-5(2,3)4;;;/h1H2,2-4H3;;;/q;+2;2*-1. The third kappa shape index (κ3) is 4.53. The van der Waals surface area contributed by atoms with Crippen LogP contribution in [0.5, 0.6) is 0 Å². The molecule has 0 radical (unpaired) electrons. The van der Waals surface area contributed by atoms with Crippen LogP contribution in [0.25, 0.3) is 0 Å². The first kappa shape index (κ1) is 6.53. The predicted octanol–water partition coefficient (Wildman–Crippen LogP) is 1.84. The Kier molecular flexibility index (Phi) is 2.18. The van der Waals surface area contributed by atoms with Gasteiger partial charge < -0.3 is 2.85 Å². The van der Waals surface area contributed by atoms with Gasteiger partial charge in [0.05, 0.1) is 0 Å². The molecule has 1 heteroatoms. The molecule has 0 aromatic carbocycles. The van der Waals surface area contributed by atoms with Crippen molar-refractivity contribution >= 4 is 16.3 Å². The third-order valence-corrected chi connectivity index (χ3v) is 1.84. The van der Waals surface area contributed by atoms with Gasteiger partial charge in [-0.1, -0.05) is 0 Å². The number of hydrogen-bond acceptors (Lipinski definition) is 0. The Labute approximate surface area is 51.3 Å². The van der Waals surface area contributed by atoms with Crippen molar-refractivity contribution in [1.82, 2.24) is 0 Å². The third-order valence-electron chi connectivity index (χ3n) is 0.612. The molecule has 0 aliphatic heterocycles. The van der Waals surface area contributed by atoms with Gasteiger partial charge in [0.1, 0.15) is 0 Å². The fourth-order valence-corrected chi connectivity index (χ4v) is 0. The summed E-state index contributed by atoms with van der Waals surface area (Å²) < 4.78 is 0. The topological polar surface area (TPSA) is 0 Å². The van der Waals surface area contributed by atoms with Crippen molar-refractivity contribution in [3.63, 3.8) is 0 Å². The molecule has 0 saturated carbocycles. The molecule has 0 bridgehead atoms. The van der Waals surface area contributed by atoms with E-state index in [1.54, 1.807) is 0 Å². The summed E-state index contributed by atoms with van der Waals surface area (Å²) in [5.74, 6) is 0. The summed E-state index contributed by atoms with van der Waals surface area (Å²) in [5, 5.41) is 1.19. The van der Waals surface area contributed by atoms with Crippen molar-refractivity contribution in [2.45, 2.75) is 26.1 Å². The van der Waals surface area contributed by atoms with Crippen molar-refractivity contribution in [3.8, 4) is 0 Å². The molecule has 0 spiro atoms. The molecule has 0 aromatic heterocycles. The second-order valence-corrected chi connectivity index (χ2v) is 3.17. The molecule has 6 heavy (non-hydrogen) atoms. The molecule has 36 valence electrons. The Balaban J connectivity index is -0.000000125. The van der Waals surface area contributed by atoms with Crippen molar-refractivity contribution < 1.29 is 2.85 Å². The van der Waals surface area contributed by atoms with Crippen LogP contribution in [0.15, 0.2) is 0 Å². The molecule has 0 nitrogen and oxygen atoms in total. The molecule has 0 aliphatic carbocycles. The maximum Gasteiger partial charge on any atom is -1.00 e. The van der Waals surface area contributed by atoms with Crippen molar-refractivity contribution in [1.29, 1.82) is 0 Å². The largest absolute Gasteiger partial charge is 1.00 e. The summed E-state index contributed by atoms with van der Waals surface area (Å²) in [4.78, 5) is 0. The second kappa shape index (κ2) is 2.00. The fourth-order valence-electron chi connectivity index (χ4n) is 0. The van der Waals surface area contributed by atoms with Crippen molar-refractivity contribution in [2.75, 3.05) is 0 Å². The van der Waals surface area contributed by atoms with Crippen LogP contribution >= 0.6 is 0 Å². The Morgan fingerprint density at radius 1 is 1.50 bits per heavy atom. The van der Waals surface area contributed by atoms with Crippen LogP contribution in [0, 0.1) is 5.41 Å². The summed E-state index contributed by atoms with van der Waals surface area (Å²) in [6.45, 7) is 6.67. The molecule has 0 N–H and O–H groups in total. The van der Waals surface area contributed by atoms with E-state index in [-0.39, 0.29) is 2.85 Å². The predicted molar refractivity (Wildman–Crippen MR) is 32.2 cm³/mol. The Bertz CT molecular complexity index is 40.2. The maximum absolute atomic E-state index is 2.72. The molecule has 0 saturated heterocycles. The van der Waals surface area contributed by atoms with Crippen LogP contribution in [0.3, 0.4) is 0 Å². The van der Waals surface area contributed by atoms with E-state index >= 15 is 0 Å². The van der Waals surface area contributed by atoms with Crippen LogP contribution in [-0.4, -0.2) is 16.3 Å². The zero-order valence-electron chi connectivity index (χ0n) is 6.78. The van der Waals surface area contributed by atoms with Crippen LogP contribution < -0.4 is 0 Å². The van der Waals surface area contributed by atoms with Gasteiger partial charge in [-0.15, -0.1) is 0 Å². The number of rotatable bonds is 0. The molecule has 0 rings (SSSR count). The van der Waals surface area contributed by atoms with Gasteiger partial charge in [-0.05, 0) is 0 Å². The number of hydrogen-bond donors (Lipinski definition) is 0. The van der Waals surface area contributed by atoms with Crippen LogP contribution in [0.4, 0.5) is 0 Å². The van der Waals surface area contributed by atoms with Gasteiger partial charge >= 0.3 is 47.8 Å². The minimum absolute atomic E-state index is 0. The van der Waals surface area contributed by atoms with Crippen molar-refractivity contribution in [3.05, 3.63) is 0 Å². The van der Waals surface area contributed by atoms with E-state index in [2.05, 4.69) is 37.1 Å². The van der Waals surface area contributed by atoms with Gasteiger partial charge in [-0.2, -0.15) is 0 Å². The molecule has 0 aliphatic rings. The summed E-state index contributed by atoms with van der Waals surface area (Å²) in [6.07, 6.45) is 0. The molecule has 0 heterocycles. The first-order valence-electron chi connectivity index (χ1n) is 2.26. The SMILES string of the molecule is CC(C)(C)[CH2][Al+2].[H-].[H-]. The van der Waals surface area contributed by atoms with Gasteiger partial charge in [0, 0.05) is 0 Å². The van der Waals surface area contributed by atoms with Crippen LogP contribution in [0.1, 0.15) is 23.6 Å². The molecular weight excluding hydrogens is 87.0 g/mol. The Morgan fingerprint density at radius 3 is 1.67 bits per heavy atom. The molecule has 0 amide bonds. The zero-order chi connectivity index (χ0) is 5.21. The minimum atomic E-state index is 0. The van der Waals surface area contributed by atoms with E-state index in [1.165, 1.54) is 5.28 Å². The average molecular weight is 100 g/mol. The van der Waals surface area contributed by atoms with Crippen LogP contribution in [-0.2, 0) is 0 Å². The normalized spacial score (nSPS) is 12.2. The molecule has 0 fully saturated rings.